The molecule has 2 saturated heterocycles. The van der Waals surface area contributed by atoms with Gasteiger partial charge in [-0.25, -0.2) is 43.2 Å². The monoisotopic (exact) mass is 954 g/mol. The summed E-state index contributed by atoms with van der Waals surface area (Å²) in [6.07, 6.45) is -6.90. The van der Waals surface area contributed by atoms with Crippen molar-refractivity contribution in [3.05, 3.63) is 61.2 Å². The molecular weight excluding hydrogens is 912 g/mol. The maximum atomic E-state index is 15.5. The summed E-state index contributed by atoms with van der Waals surface area (Å²) in [6, 6.07) is 9.11. The van der Waals surface area contributed by atoms with Crippen molar-refractivity contribution in [2.45, 2.75) is 83.5 Å². The number of benzene rings is 1. The third-order valence-electron chi connectivity index (χ3n) is 9.18. The average Bonchev–Trinajstić information content (AvgIpc) is 4.00. The van der Waals surface area contributed by atoms with E-state index in [0.717, 1.165) is 25.7 Å². The van der Waals surface area contributed by atoms with Gasteiger partial charge in [0.05, 0.1) is 32.5 Å². The lowest BCUT2D eigenvalue weighted by molar-refractivity contribution is -0.152. The molecule has 65 heavy (non-hydrogen) atoms. The number of esters is 2. The molecule has 2 aliphatic rings. The number of imidazole rings is 2. The Morgan fingerprint density at radius 2 is 1.14 bits per heavy atom. The summed E-state index contributed by atoms with van der Waals surface area (Å²) in [5.41, 5.74) is 1.50. The number of phosphoric ester groups is 1. The third kappa shape index (κ3) is 12.3. The SMILES string of the molecule is CC(=O)Nc1ncnc2c1ncn2[C@@H]1O[C@H](COP(=O)(O)O)C(OC(C)=O)[C@@H]1F.CC(=O)Nc1ncnc2c1ncn2[C@@H]1O[C@H](COP(C)(=O)OCc2ccccc2)C(OC(C)=O)[C@@H]1F. The van der Waals surface area contributed by atoms with Gasteiger partial charge in [-0.15, -0.1) is 0 Å². The number of rotatable bonds is 15. The van der Waals surface area contributed by atoms with Crippen LogP contribution in [0.15, 0.2) is 55.6 Å². The molecule has 2 fully saturated rings. The van der Waals surface area contributed by atoms with Crippen molar-refractivity contribution in [2.24, 2.45) is 0 Å². The minimum atomic E-state index is -4.86. The minimum Gasteiger partial charge on any atom is -0.456 e. The molecule has 5 aromatic rings. The maximum Gasteiger partial charge on any atom is 0.469 e. The molecule has 6 heterocycles. The van der Waals surface area contributed by atoms with Crippen LogP contribution in [0.3, 0.4) is 0 Å². The van der Waals surface area contributed by atoms with Gasteiger partial charge in [-0.05, 0) is 5.56 Å². The number of phosphoric acid groups is 1. The molecule has 0 radical (unpaired) electrons. The van der Waals surface area contributed by atoms with E-state index in [4.69, 9.17) is 37.8 Å². The molecule has 0 bridgehead atoms. The number of carbonyl (C=O) groups is 4. The fourth-order valence-electron chi connectivity index (χ4n) is 6.54. The first kappa shape index (κ1) is 48.7. The first-order valence-corrected chi connectivity index (χ1v) is 22.7. The van der Waals surface area contributed by atoms with E-state index in [1.165, 1.54) is 48.6 Å². The molecule has 0 spiro atoms. The molecule has 2 aliphatic heterocycles. The Morgan fingerprint density at radius 1 is 0.692 bits per heavy atom. The van der Waals surface area contributed by atoms with Crippen LogP contribution in [0, 0.1) is 0 Å². The second-order valence-corrected chi connectivity index (χ2v) is 17.5. The van der Waals surface area contributed by atoms with Gasteiger partial charge in [-0.1, -0.05) is 30.3 Å². The zero-order valence-corrected chi connectivity index (χ0v) is 36.7. The summed E-state index contributed by atoms with van der Waals surface area (Å²) in [7, 11) is -8.41. The molecule has 25 nitrogen and oxygen atoms in total. The van der Waals surface area contributed by atoms with Gasteiger partial charge < -0.3 is 48.4 Å². The lowest BCUT2D eigenvalue weighted by atomic mass is 10.1. The van der Waals surface area contributed by atoms with Gasteiger partial charge >= 0.3 is 27.4 Å². The molecule has 7 rings (SSSR count). The van der Waals surface area contributed by atoms with Crippen LogP contribution in [0.2, 0.25) is 0 Å². The minimum absolute atomic E-state index is 0.0548. The summed E-state index contributed by atoms with van der Waals surface area (Å²) < 4.78 is 93.6. The molecular formula is C36H42F2N10O15P2. The number of nitrogens with one attached hydrogen (secondary N) is 2. The summed E-state index contributed by atoms with van der Waals surface area (Å²) >= 11 is 0. The normalized spacial score (nSPS) is 23.9. The molecule has 2 amide bonds. The molecule has 4 aromatic heterocycles. The van der Waals surface area contributed by atoms with Crippen LogP contribution < -0.4 is 10.6 Å². The van der Waals surface area contributed by atoms with Crippen LogP contribution >= 0.6 is 15.4 Å². The highest BCUT2D eigenvalue weighted by Crippen LogP contribution is 2.47. The second kappa shape index (κ2) is 20.6. The van der Waals surface area contributed by atoms with E-state index in [2.05, 4.69) is 45.1 Å². The molecule has 0 aliphatic carbocycles. The van der Waals surface area contributed by atoms with E-state index >= 15 is 8.78 Å². The quantitative estimate of drug-likeness (QED) is 0.0865. The summed E-state index contributed by atoms with van der Waals surface area (Å²) in [4.78, 5) is 87.7. The van der Waals surface area contributed by atoms with E-state index in [1.54, 1.807) is 0 Å². The maximum absolute atomic E-state index is 15.5. The lowest BCUT2D eigenvalue weighted by Crippen LogP contribution is -2.35. The average molecular weight is 955 g/mol. The molecule has 3 unspecified atom stereocenters. The van der Waals surface area contributed by atoms with Gasteiger partial charge in [0.1, 0.15) is 24.9 Å². The van der Waals surface area contributed by atoms with Crippen molar-refractivity contribution in [2.75, 3.05) is 30.5 Å². The van der Waals surface area contributed by atoms with Gasteiger partial charge in [-0.2, -0.15) is 0 Å². The summed E-state index contributed by atoms with van der Waals surface area (Å²) in [5, 5.41) is 5.00. The number of amides is 2. The van der Waals surface area contributed by atoms with Crippen LogP contribution in [0.4, 0.5) is 20.4 Å². The highest BCUT2D eigenvalue weighted by atomic mass is 31.2. The Kier molecular flexibility index (Phi) is 15.4. The number of carbonyl (C=O) groups excluding carboxylic acids is 4. The van der Waals surface area contributed by atoms with Crippen LogP contribution in [-0.2, 0) is 67.4 Å². The fourth-order valence-corrected chi connectivity index (χ4v) is 7.76. The van der Waals surface area contributed by atoms with Gasteiger partial charge in [-0.3, -0.25) is 37.4 Å². The molecule has 1 aromatic carbocycles. The molecule has 29 heteroatoms. The smallest absolute Gasteiger partial charge is 0.456 e. The van der Waals surface area contributed by atoms with E-state index in [-0.39, 0.29) is 53.1 Å². The second-order valence-electron chi connectivity index (χ2n) is 14.2. The topological polar surface area (TPSA) is 319 Å². The third-order valence-corrected chi connectivity index (χ3v) is 10.9. The lowest BCUT2D eigenvalue weighted by Gasteiger charge is -2.21. The van der Waals surface area contributed by atoms with E-state index < -0.39 is 89.1 Å². The Bertz CT molecular complexity index is 2620. The first-order chi connectivity index (χ1) is 30.7. The van der Waals surface area contributed by atoms with Crippen molar-refractivity contribution in [3.8, 4) is 0 Å². The standard InChI is InChI=1S/C22H25FN5O7P.C14H17FN5O8P/c1-13(29)27-20-18-21(25-11-24-20)28(12-26-18)22-17(23)19(34-14(2)30)16(35-22)10-33-36(3,31)32-9-15-7-5-4-6-8-15;1-6(21)19-12-10-13(17-4-16-12)20(5-18-10)14-9(15)11(27-7(2)22)8(28-14)3-26-29(23,24)25/h4-8,11-12,16-17,19,22H,9-10H2,1-3H3,(H,24,25,27,29);4-5,8-9,11,14H,3H2,1-2H3,(H2,23,24,25)(H,16,17,19,21)/t16-,17+,19?,22-,36?;8-,9+,11?,14-/m11/s1. The molecule has 0 saturated carbocycles. The highest BCUT2D eigenvalue weighted by molar-refractivity contribution is 7.52. The number of hydrogen-bond donors (Lipinski definition) is 4. The van der Waals surface area contributed by atoms with Crippen molar-refractivity contribution >= 4 is 73.1 Å². The zero-order valence-electron chi connectivity index (χ0n) is 34.9. The number of ether oxygens (including phenoxy) is 4. The van der Waals surface area contributed by atoms with Crippen molar-refractivity contribution in [1.29, 1.82) is 0 Å². The number of aromatic nitrogens is 8. The van der Waals surface area contributed by atoms with Gasteiger partial charge in [0.25, 0.3) is 0 Å². The number of fused-ring (bicyclic) bond motifs is 2. The highest BCUT2D eigenvalue weighted by Gasteiger charge is 2.51. The van der Waals surface area contributed by atoms with Gasteiger partial charge in [0.2, 0.25) is 11.8 Å². The largest absolute Gasteiger partial charge is 0.469 e. The Morgan fingerprint density at radius 3 is 1.55 bits per heavy atom. The number of halogens is 2. The van der Waals surface area contributed by atoms with Crippen molar-refractivity contribution in [1.82, 2.24) is 39.0 Å². The van der Waals surface area contributed by atoms with Gasteiger partial charge in [0.15, 0.2) is 71.0 Å². The molecule has 4 N–H and O–H groups in total. The summed E-state index contributed by atoms with van der Waals surface area (Å²) in [5.74, 6) is -2.04. The van der Waals surface area contributed by atoms with Crippen LogP contribution in [0.25, 0.3) is 22.3 Å². The predicted molar refractivity (Wildman–Crippen MR) is 217 cm³/mol. The van der Waals surface area contributed by atoms with Crippen molar-refractivity contribution < 1.29 is 79.4 Å². The van der Waals surface area contributed by atoms with E-state index in [1.807, 2.05) is 30.3 Å². The van der Waals surface area contributed by atoms with Gasteiger partial charge in [0, 0.05) is 34.4 Å². The fraction of sp³-hybridized carbons (Fsp3) is 0.444. The number of alkyl halides is 2. The van der Waals surface area contributed by atoms with E-state index in [9.17, 15) is 28.3 Å². The van der Waals surface area contributed by atoms with Crippen LogP contribution in [-0.4, -0.2) is 129 Å². The predicted octanol–water partition coefficient (Wildman–Crippen LogP) is 3.07. The zero-order chi connectivity index (χ0) is 47.2. The number of hydrogen-bond acceptors (Lipinski definition) is 19. The Balaban J connectivity index is 0.000000221. The van der Waals surface area contributed by atoms with Crippen molar-refractivity contribution in [3.63, 3.8) is 0 Å². The van der Waals surface area contributed by atoms with Crippen LogP contribution in [0.5, 0.6) is 0 Å². The number of nitrogens with zero attached hydrogens (tertiary/aromatic N) is 8. The van der Waals surface area contributed by atoms with Crippen LogP contribution in [0.1, 0.15) is 45.7 Å². The van der Waals surface area contributed by atoms with E-state index in [0.29, 0.717) is 0 Å². The Hall–Kier alpha value is -5.76. The molecule has 350 valence electrons. The molecule has 9 atom stereocenters. The Labute approximate surface area is 366 Å². The first-order valence-electron chi connectivity index (χ1n) is 19.2. The number of anilines is 2. The summed E-state index contributed by atoms with van der Waals surface area (Å²) in [6.45, 7) is 5.05.